The van der Waals surface area contributed by atoms with Crippen molar-refractivity contribution in [3.63, 3.8) is 0 Å². The molecular weight excluding hydrogens is 428 g/mol. The Morgan fingerprint density at radius 1 is 1.16 bits per heavy atom. The minimum atomic E-state index is -0.228. The Balaban J connectivity index is 1.34. The minimum Gasteiger partial charge on any atom is -0.497 e. The number of ether oxygens (including phenoxy) is 1. The van der Waals surface area contributed by atoms with E-state index in [2.05, 4.69) is 10.2 Å². The van der Waals surface area contributed by atoms with E-state index in [1.165, 1.54) is 0 Å². The number of H-pyrrole nitrogens is 1. The van der Waals surface area contributed by atoms with E-state index in [1.54, 1.807) is 17.7 Å². The van der Waals surface area contributed by atoms with Gasteiger partial charge in [0.15, 0.2) is 5.82 Å². The van der Waals surface area contributed by atoms with Gasteiger partial charge in [-0.15, -0.1) is 0 Å². The molecule has 1 saturated heterocycles. The maximum atomic E-state index is 12.5. The average molecular weight is 453 g/mol. The van der Waals surface area contributed by atoms with Gasteiger partial charge in [-0.25, -0.2) is 9.89 Å². The highest BCUT2D eigenvalue weighted by atomic mass is 35.5. The lowest BCUT2D eigenvalue weighted by molar-refractivity contribution is -0.131. The lowest BCUT2D eigenvalue weighted by atomic mass is 10.0. The van der Waals surface area contributed by atoms with Gasteiger partial charge < -0.3 is 9.64 Å². The van der Waals surface area contributed by atoms with Gasteiger partial charge in [-0.1, -0.05) is 35.9 Å². The third kappa shape index (κ3) is 4.05. The van der Waals surface area contributed by atoms with Gasteiger partial charge in [0.25, 0.3) is 0 Å². The molecule has 1 aliphatic carbocycles. The highest BCUT2D eigenvalue weighted by Gasteiger charge is 2.36. The SMILES string of the molecule is COc1ccc(-c2ccc(-c3n[nH]c(=O)n3CC3CCN(C(=O)C4CC4)C3)cc2)c(Cl)c1. The maximum Gasteiger partial charge on any atom is 0.343 e. The number of methoxy groups -OCH3 is 1. The van der Waals surface area contributed by atoms with Gasteiger partial charge in [0.1, 0.15) is 5.75 Å². The molecule has 7 nitrogen and oxygen atoms in total. The minimum absolute atomic E-state index is 0.228. The van der Waals surface area contributed by atoms with E-state index in [4.69, 9.17) is 16.3 Å². The Bertz CT molecular complexity index is 1200. The Hall–Kier alpha value is -3.06. The van der Waals surface area contributed by atoms with E-state index in [0.29, 0.717) is 29.7 Å². The number of carbonyl (C=O) groups excluding carboxylic acids is 1. The number of aromatic nitrogens is 3. The number of benzene rings is 2. The molecule has 1 aliphatic heterocycles. The number of hydrogen-bond acceptors (Lipinski definition) is 4. The van der Waals surface area contributed by atoms with Crippen molar-refractivity contribution < 1.29 is 9.53 Å². The molecule has 1 atom stereocenters. The van der Waals surface area contributed by atoms with Crippen molar-refractivity contribution in [1.82, 2.24) is 19.7 Å². The summed E-state index contributed by atoms with van der Waals surface area (Å²) in [6.45, 7) is 2.03. The van der Waals surface area contributed by atoms with Crippen molar-refractivity contribution in [1.29, 1.82) is 0 Å². The van der Waals surface area contributed by atoms with E-state index in [0.717, 1.165) is 42.5 Å². The summed E-state index contributed by atoms with van der Waals surface area (Å²) in [7, 11) is 1.61. The van der Waals surface area contributed by atoms with Crippen LogP contribution in [0.4, 0.5) is 0 Å². The monoisotopic (exact) mass is 452 g/mol. The molecule has 1 unspecified atom stereocenters. The van der Waals surface area contributed by atoms with Crippen LogP contribution in [-0.4, -0.2) is 45.8 Å². The summed E-state index contributed by atoms with van der Waals surface area (Å²) >= 11 is 6.41. The highest BCUT2D eigenvalue weighted by molar-refractivity contribution is 6.33. The number of nitrogens with zero attached hydrogens (tertiary/aromatic N) is 3. The van der Waals surface area contributed by atoms with E-state index in [-0.39, 0.29) is 23.4 Å². The van der Waals surface area contributed by atoms with Gasteiger partial charge in [0.2, 0.25) is 5.91 Å². The average Bonchev–Trinajstić information content (AvgIpc) is 3.46. The highest BCUT2D eigenvalue weighted by Crippen LogP contribution is 2.34. The molecule has 166 valence electrons. The zero-order valence-corrected chi connectivity index (χ0v) is 18.6. The maximum absolute atomic E-state index is 12.5. The standard InChI is InChI=1S/C24H25ClN4O3/c1-32-19-8-9-20(21(25)12-19)16-2-4-17(5-3-16)22-26-27-24(31)29(22)14-15-10-11-28(13-15)23(30)18-6-7-18/h2-5,8-9,12,15,18H,6-7,10-11,13-14H2,1H3,(H,27,31). The number of aromatic amines is 1. The lowest BCUT2D eigenvalue weighted by Gasteiger charge is -2.16. The molecule has 1 amide bonds. The van der Waals surface area contributed by atoms with Crippen LogP contribution in [0.2, 0.25) is 5.02 Å². The van der Waals surface area contributed by atoms with Gasteiger partial charge >= 0.3 is 5.69 Å². The van der Waals surface area contributed by atoms with Crippen molar-refractivity contribution in [2.45, 2.75) is 25.8 Å². The molecule has 2 fully saturated rings. The molecule has 5 rings (SSSR count). The second kappa shape index (κ2) is 8.47. The van der Waals surface area contributed by atoms with E-state index >= 15 is 0 Å². The molecule has 0 bridgehead atoms. The fourth-order valence-electron chi connectivity index (χ4n) is 4.39. The Morgan fingerprint density at radius 3 is 2.59 bits per heavy atom. The summed E-state index contributed by atoms with van der Waals surface area (Å²) in [6, 6.07) is 13.4. The normalized spacial score (nSPS) is 18.2. The van der Waals surface area contributed by atoms with Crippen molar-refractivity contribution in [2.75, 3.05) is 20.2 Å². The third-order valence-corrected chi connectivity index (χ3v) is 6.67. The van der Waals surface area contributed by atoms with Crippen LogP contribution >= 0.6 is 11.6 Å². The summed E-state index contributed by atoms with van der Waals surface area (Å²) in [5, 5.41) is 7.46. The molecule has 32 heavy (non-hydrogen) atoms. The largest absolute Gasteiger partial charge is 0.497 e. The van der Waals surface area contributed by atoms with Crippen molar-refractivity contribution in [2.24, 2.45) is 11.8 Å². The summed E-state index contributed by atoms with van der Waals surface area (Å²) in [5.41, 5.74) is 2.50. The smallest absolute Gasteiger partial charge is 0.343 e. The van der Waals surface area contributed by atoms with Gasteiger partial charge in [0, 0.05) is 36.7 Å². The molecule has 2 aliphatic rings. The van der Waals surface area contributed by atoms with Crippen LogP contribution < -0.4 is 10.4 Å². The third-order valence-electron chi connectivity index (χ3n) is 6.35. The molecule has 8 heteroatoms. The van der Waals surface area contributed by atoms with Crippen LogP contribution in [0.1, 0.15) is 19.3 Å². The van der Waals surface area contributed by atoms with Crippen LogP contribution in [0.25, 0.3) is 22.5 Å². The van der Waals surface area contributed by atoms with Gasteiger partial charge in [0.05, 0.1) is 12.1 Å². The number of likely N-dealkylation sites (tertiary alicyclic amines) is 1. The first-order valence-electron chi connectivity index (χ1n) is 10.9. The number of rotatable bonds is 6. The van der Waals surface area contributed by atoms with Gasteiger partial charge in [-0.3, -0.25) is 9.36 Å². The molecule has 0 radical (unpaired) electrons. The fraction of sp³-hybridized carbons (Fsp3) is 0.375. The predicted octanol–water partition coefficient (Wildman–Crippen LogP) is 3.83. The molecule has 2 aromatic carbocycles. The lowest BCUT2D eigenvalue weighted by Crippen LogP contribution is -2.31. The second-order valence-electron chi connectivity index (χ2n) is 8.60. The number of carbonyl (C=O) groups is 1. The number of hydrogen-bond donors (Lipinski definition) is 1. The Morgan fingerprint density at radius 2 is 1.91 bits per heavy atom. The summed E-state index contributed by atoms with van der Waals surface area (Å²) in [6.07, 6.45) is 2.94. The van der Waals surface area contributed by atoms with E-state index in [1.807, 2.05) is 41.3 Å². The Labute approximate surface area is 191 Å². The summed E-state index contributed by atoms with van der Waals surface area (Å²) in [5.74, 6) is 2.08. The topological polar surface area (TPSA) is 80.2 Å². The number of halogens is 1. The van der Waals surface area contributed by atoms with Gasteiger partial charge in [-0.05, 0) is 48.9 Å². The van der Waals surface area contributed by atoms with Crippen molar-refractivity contribution in [3.8, 4) is 28.3 Å². The molecule has 0 spiro atoms. The van der Waals surface area contributed by atoms with Crippen molar-refractivity contribution >= 4 is 17.5 Å². The van der Waals surface area contributed by atoms with Crippen molar-refractivity contribution in [3.05, 3.63) is 58.0 Å². The summed E-state index contributed by atoms with van der Waals surface area (Å²) < 4.78 is 6.90. The van der Waals surface area contributed by atoms with Crippen LogP contribution in [0.5, 0.6) is 5.75 Å². The molecular formula is C24H25ClN4O3. The van der Waals surface area contributed by atoms with E-state index in [9.17, 15) is 9.59 Å². The molecule has 1 aromatic heterocycles. The van der Waals surface area contributed by atoms with Crippen LogP contribution in [-0.2, 0) is 11.3 Å². The van der Waals surface area contributed by atoms with Crippen LogP contribution in [0, 0.1) is 11.8 Å². The summed E-state index contributed by atoms with van der Waals surface area (Å²) in [4.78, 5) is 26.8. The van der Waals surface area contributed by atoms with E-state index < -0.39 is 0 Å². The molecule has 2 heterocycles. The number of amides is 1. The van der Waals surface area contributed by atoms with Crippen LogP contribution in [0.3, 0.4) is 0 Å². The quantitative estimate of drug-likeness (QED) is 0.616. The van der Waals surface area contributed by atoms with Crippen LogP contribution in [0.15, 0.2) is 47.3 Å². The molecule has 1 N–H and O–H groups in total. The zero-order valence-electron chi connectivity index (χ0n) is 17.9. The predicted molar refractivity (Wildman–Crippen MR) is 123 cm³/mol. The second-order valence-corrected chi connectivity index (χ2v) is 9.01. The fourth-order valence-corrected chi connectivity index (χ4v) is 4.67. The first-order valence-corrected chi connectivity index (χ1v) is 11.3. The van der Waals surface area contributed by atoms with Gasteiger partial charge in [-0.2, -0.15) is 5.10 Å². The molecule has 1 saturated carbocycles. The first-order chi connectivity index (χ1) is 15.5. The zero-order chi connectivity index (χ0) is 22.2. The number of nitrogens with one attached hydrogen (secondary N) is 1. The first kappa shape index (κ1) is 20.8. The Kier molecular flexibility index (Phi) is 5.51. The molecule has 3 aromatic rings.